The van der Waals surface area contributed by atoms with Gasteiger partial charge in [-0.15, -0.1) is 0 Å². The van der Waals surface area contributed by atoms with Gasteiger partial charge in [0.05, 0.1) is 25.4 Å². The van der Waals surface area contributed by atoms with Gasteiger partial charge in [-0.05, 0) is 171 Å². The molecule has 0 aliphatic carbocycles. The van der Waals surface area contributed by atoms with Crippen LogP contribution in [0.1, 0.15) is 117 Å². The number of rotatable bonds is 11. The maximum atomic E-state index is 14.6. The lowest BCUT2D eigenvalue weighted by Crippen LogP contribution is -2.47. The first-order valence-electron chi connectivity index (χ1n) is 27.4. The van der Waals surface area contributed by atoms with Crippen LogP contribution in [-0.2, 0) is 13.9 Å². The molecule has 0 aromatic heterocycles. The van der Waals surface area contributed by atoms with Crippen molar-refractivity contribution in [3.05, 3.63) is 191 Å². The highest BCUT2D eigenvalue weighted by molar-refractivity contribution is 7.64. The lowest BCUT2D eigenvalue weighted by molar-refractivity contribution is 0.0472. The van der Waals surface area contributed by atoms with Crippen LogP contribution in [-0.4, -0.2) is 104 Å². The molecule has 10 rings (SSSR count). The van der Waals surface area contributed by atoms with Crippen molar-refractivity contribution in [3.63, 3.8) is 0 Å². The Kier molecular flexibility index (Phi) is 18.5. The lowest BCUT2D eigenvalue weighted by atomic mass is 9.92. The van der Waals surface area contributed by atoms with E-state index in [1.165, 1.54) is 32.0 Å². The molecule has 12 nitrogen and oxygen atoms in total. The third kappa shape index (κ3) is 14.2. The highest BCUT2D eigenvalue weighted by atomic mass is 31.2. The number of benzene rings is 8. The molecule has 2 atom stereocenters. The summed E-state index contributed by atoms with van der Waals surface area (Å²) in [6, 6.07) is 48.2. The van der Waals surface area contributed by atoms with E-state index in [2.05, 4.69) is 17.6 Å². The van der Waals surface area contributed by atoms with E-state index in [-0.39, 0.29) is 34.4 Å². The Morgan fingerprint density at radius 3 is 1.31 bits per heavy atom. The van der Waals surface area contributed by atoms with E-state index in [1.54, 1.807) is 49.8 Å². The Bertz CT molecular complexity index is 3700. The standard InChI is InChI=1S/C35H39N2O5P.C25H21O4P.C6H13N/c1-35(2,3)42-34(40)36-26-17-19-37(20-18-26)33(39)30-22-25-13-7-6-12-24(25)21-29(30)31(38)32(43(4,5)41)28-16-10-14-23-11-8-9-15-27(23)28;1-30(2,29)24(20-13-7-11-16-8-5-6-12-19(16)20)23(26)21-14-17-9-3-4-10-18(17)15-22(21)25(27)28;1-6-2-4-7-5-3-6/h6-16,21-22,26,32H,17-20H2,1-5H3,(H,36,40);3-15,24H,1-2H3,(H,27,28);6-7H,2-5H2,1H3. The number of nitrogens with zero attached hydrogens (tertiary/aromatic N) is 1. The molecule has 2 aliphatic rings. The number of amides is 2. The van der Waals surface area contributed by atoms with Crippen molar-refractivity contribution in [2.45, 2.75) is 76.3 Å². The maximum Gasteiger partial charge on any atom is 0.407 e. The van der Waals surface area contributed by atoms with Crippen molar-refractivity contribution >= 4 is 86.9 Å². The Morgan fingerprint density at radius 2 is 0.925 bits per heavy atom. The summed E-state index contributed by atoms with van der Waals surface area (Å²) in [5.41, 5.74) is -0.461. The fourth-order valence-corrected chi connectivity index (χ4v) is 14.1. The number of likely N-dealkylation sites (tertiary alicyclic amines) is 1. The van der Waals surface area contributed by atoms with Gasteiger partial charge in [0.25, 0.3) is 5.91 Å². The number of carboxylic acids is 1. The zero-order chi connectivity index (χ0) is 57.5. The van der Waals surface area contributed by atoms with Crippen LogP contribution in [0.25, 0.3) is 43.1 Å². The van der Waals surface area contributed by atoms with Crippen molar-refractivity contribution < 1.29 is 42.9 Å². The van der Waals surface area contributed by atoms with Crippen LogP contribution >= 0.6 is 14.3 Å². The van der Waals surface area contributed by atoms with E-state index >= 15 is 0 Å². The Labute approximate surface area is 469 Å². The number of carbonyl (C=O) groups excluding carboxylic acids is 4. The number of hydrogen-bond donors (Lipinski definition) is 3. The molecule has 416 valence electrons. The first-order chi connectivity index (χ1) is 38.0. The average Bonchev–Trinajstić information content (AvgIpc) is 3.48. The lowest BCUT2D eigenvalue weighted by Gasteiger charge is -2.33. The molecular formula is C66H73N3O9P2. The number of hydrogen-bond acceptors (Lipinski definition) is 9. The summed E-state index contributed by atoms with van der Waals surface area (Å²) < 4.78 is 32.6. The summed E-state index contributed by atoms with van der Waals surface area (Å²) >= 11 is 0. The number of Topliss-reactive ketones (excluding diaryl/α,β-unsaturated/α-hetero) is 2. The summed E-state index contributed by atoms with van der Waals surface area (Å²) in [5, 5.41) is 22.8. The monoisotopic (exact) mass is 1110 g/mol. The molecule has 0 bridgehead atoms. The number of carboxylic acid groups (broad SMARTS) is 1. The normalized spacial score (nSPS) is 15.2. The minimum Gasteiger partial charge on any atom is -0.478 e. The smallest absolute Gasteiger partial charge is 0.407 e. The van der Waals surface area contributed by atoms with Gasteiger partial charge in [-0.25, -0.2) is 9.59 Å². The molecule has 0 spiro atoms. The average molecular weight is 1110 g/mol. The van der Waals surface area contributed by atoms with E-state index in [0.717, 1.165) is 49.0 Å². The molecular weight excluding hydrogens is 1040 g/mol. The Morgan fingerprint density at radius 1 is 0.550 bits per heavy atom. The molecule has 3 N–H and O–H groups in total. The maximum absolute atomic E-state index is 14.6. The first-order valence-corrected chi connectivity index (χ1v) is 32.7. The van der Waals surface area contributed by atoms with Gasteiger partial charge in [0.1, 0.15) is 16.9 Å². The molecule has 2 amide bonds. The zero-order valence-corrected chi connectivity index (χ0v) is 48.8. The van der Waals surface area contributed by atoms with Gasteiger partial charge in [-0.1, -0.05) is 140 Å². The predicted octanol–water partition coefficient (Wildman–Crippen LogP) is 14.9. The Hall–Kier alpha value is -7.23. The van der Waals surface area contributed by atoms with Crippen LogP contribution in [0.5, 0.6) is 0 Å². The van der Waals surface area contributed by atoms with E-state index < -0.39 is 49.0 Å². The fourth-order valence-electron chi connectivity index (χ4n) is 10.9. The minimum atomic E-state index is -3.03. The molecule has 80 heavy (non-hydrogen) atoms. The number of ether oxygens (including phenoxy) is 1. The SMILES string of the molecule is CC(C)(C)OC(=O)NC1CCN(C(=O)c2cc3ccccc3cc2C(=O)C(c2cccc3ccccc23)P(C)(C)=O)CC1.CC1CCNCC1.CP(C)(=O)C(C(=O)c1cc2ccccc2cc1C(=O)O)c1cccc2ccccc12. The summed E-state index contributed by atoms with van der Waals surface area (Å²) in [6.07, 6.45) is 3.42. The van der Waals surface area contributed by atoms with Crippen molar-refractivity contribution in [2.24, 2.45) is 5.92 Å². The first kappa shape index (κ1) is 58.9. The van der Waals surface area contributed by atoms with Crippen LogP contribution < -0.4 is 10.6 Å². The summed E-state index contributed by atoms with van der Waals surface area (Å²) in [5.74, 6) is -1.20. The summed E-state index contributed by atoms with van der Waals surface area (Å²) in [7, 11) is -6.01. The summed E-state index contributed by atoms with van der Waals surface area (Å²) in [6.45, 7) is 17.5. The number of alkyl carbamates (subject to hydrolysis) is 1. The number of ketones is 2. The molecule has 2 fully saturated rings. The van der Waals surface area contributed by atoms with Crippen molar-refractivity contribution in [1.29, 1.82) is 0 Å². The molecule has 2 heterocycles. The van der Waals surface area contributed by atoms with Crippen molar-refractivity contribution in [2.75, 3.05) is 52.8 Å². The van der Waals surface area contributed by atoms with Crippen LogP contribution in [0.4, 0.5) is 4.79 Å². The second kappa shape index (κ2) is 25.1. The van der Waals surface area contributed by atoms with Gasteiger partial charge in [0, 0.05) is 30.3 Å². The summed E-state index contributed by atoms with van der Waals surface area (Å²) in [4.78, 5) is 68.4. The third-order valence-electron chi connectivity index (χ3n) is 14.9. The predicted molar refractivity (Wildman–Crippen MR) is 325 cm³/mol. The number of fused-ring (bicyclic) bond motifs is 4. The highest BCUT2D eigenvalue weighted by Crippen LogP contribution is 2.57. The highest BCUT2D eigenvalue weighted by Gasteiger charge is 2.38. The zero-order valence-electron chi connectivity index (χ0n) is 47.0. The van der Waals surface area contributed by atoms with Gasteiger partial charge >= 0.3 is 12.1 Å². The van der Waals surface area contributed by atoms with Gasteiger partial charge in [-0.2, -0.15) is 0 Å². The fraction of sp³-hybridized carbons (Fsp3) is 0.318. The molecule has 2 saturated heterocycles. The van der Waals surface area contributed by atoms with E-state index in [1.807, 2.05) is 154 Å². The topological polar surface area (TPSA) is 176 Å². The van der Waals surface area contributed by atoms with Gasteiger partial charge in [0.15, 0.2) is 11.6 Å². The van der Waals surface area contributed by atoms with Crippen LogP contribution in [0.3, 0.4) is 0 Å². The van der Waals surface area contributed by atoms with Crippen molar-refractivity contribution in [3.8, 4) is 0 Å². The van der Waals surface area contributed by atoms with Gasteiger partial charge in [-0.3, -0.25) is 14.4 Å². The number of aromatic carboxylic acids is 1. The Balaban J connectivity index is 0.000000196. The minimum absolute atomic E-state index is 0.0719. The van der Waals surface area contributed by atoms with Crippen LogP contribution in [0, 0.1) is 5.92 Å². The largest absolute Gasteiger partial charge is 0.478 e. The quantitative estimate of drug-likeness (QED) is 0.0834. The number of carbonyl (C=O) groups is 5. The molecule has 8 aromatic carbocycles. The third-order valence-corrected chi connectivity index (χ3v) is 18.4. The molecule has 0 radical (unpaired) electrons. The van der Waals surface area contributed by atoms with E-state index in [9.17, 15) is 38.2 Å². The van der Waals surface area contributed by atoms with Gasteiger partial charge in [0.2, 0.25) is 0 Å². The molecule has 8 aromatic rings. The molecule has 0 saturated carbocycles. The molecule has 2 unspecified atom stereocenters. The van der Waals surface area contributed by atoms with E-state index in [0.29, 0.717) is 42.6 Å². The second-order valence-electron chi connectivity index (χ2n) is 23.0. The van der Waals surface area contributed by atoms with Crippen LogP contribution in [0.15, 0.2) is 158 Å². The number of piperidine rings is 2. The van der Waals surface area contributed by atoms with Crippen molar-refractivity contribution in [1.82, 2.24) is 15.5 Å². The molecule has 2 aliphatic heterocycles. The van der Waals surface area contributed by atoms with E-state index in [4.69, 9.17) is 4.74 Å². The second-order valence-corrected chi connectivity index (χ2v) is 29.7. The van der Waals surface area contributed by atoms with Crippen LogP contribution in [0.2, 0.25) is 0 Å². The number of nitrogens with one attached hydrogen (secondary N) is 2. The molecule has 14 heteroatoms. The van der Waals surface area contributed by atoms with Gasteiger partial charge < -0.3 is 34.5 Å².